The zero-order valence-electron chi connectivity index (χ0n) is 12.7. The van der Waals surface area contributed by atoms with Gasteiger partial charge in [0.2, 0.25) is 0 Å². The molecule has 2 N–H and O–H groups in total. The third-order valence-electron chi connectivity index (χ3n) is 3.74. The highest BCUT2D eigenvalue weighted by Gasteiger charge is 2.19. The molecule has 0 radical (unpaired) electrons. The molecular formula is C17H29N. The van der Waals surface area contributed by atoms with Gasteiger partial charge in [0.15, 0.2) is 0 Å². The first-order chi connectivity index (χ1) is 8.30. The fourth-order valence-electron chi connectivity index (χ4n) is 2.03. The molecule has 1 heteroatoms. The van der Waals surface area contributed by atoms with Crippen LogP contribution in [0.4, 0.5) is 0 Å². The summed E-state index contributed by atoms with van der Waals surface area (Å²) >= 11 is 0. The summed E-state index contributed by atoms with van der Waals surface area (Å²) in [5.41, 5.74) is 9.25. The lowest BCUT2D eigenvalue weighted by Gasteiger charge is -2.26. The quantitative estimate of drug-likeness (QED) is 0.814. The monoisotopic (exact) mass is 247 g/mol. The number of aryl methyl sites for hydroxylation is 1. The normalized spacial score (nSPS) is 13.9. The van der Waals surface area contributed by atoms with E-state index in [0.717, 1.165) is 12.8 Å². The Labute approximate surface area is 113 Å². The van der Waals surface area contributed by atoms with Gasteiger partial charge in [0.25, 0.3) is 0 Å². The van der Waals surface area contributed by atoms with Crippen molar-refractivity contribution in [3.05, 3.63) is 35.4 Å². The topological polar surface area (TPSA) is 26.0 Å². The Morgan fingerprint density at radius 3 is 2.06 bits per heavy atom. The summed E-state index contributed by atoms with van der Waals surface area (Å²) in [4.78, 5) is 0. The van der Waals surface area contributed by atoms with Crippen LogP contribution in [0.2, 0.25) is 0 Å². The summed E-state index contributed by atoms with van der Waals surface area (Å²) in [5.74, 6) is 0.619. The van der Waals surface area contributed by atoms with Crippen LogP contribution < -0.4 is 5.73 Å². The second-order valence-corrected chi connectivity index (χ2v) is 6.76. The Morgan fingerprint density at radius 2 is 1.61 bits per heavy atom. The standard InChI is InChI=1S/C17H29N/c1-13(2)15-11-9-14(10-12-15)7-6-8-16(18)17(3,4)5/h9-13,16H,6-8,18H2,1-5H3. The Morgan fingerprint density at radius 1 is 1.06 bits per heavy atom. The fourth-order valence-corrected chi connectivity index (χ4v) is 2.03. The second-order valence-electron chi connectivity index (χ2n) is 6.76. The number of nitrogens with two attached hydrogens (primary N) is 1. The largest absolute Gasteiger partial charge is 0.327 e. The molecule has 1 nitrogen and oxygen atoms in total. The first-order valence-corrected chi connectivity index (χ1v) is 7.15. The molecule has 1 aromatic carbocycles. The van der Waals surface area contributed by atoms with Gasteiger partial charge in [-0.05, 0) is 41.7 Å². The zero-order valence-corrected chi connectivity index (χ0v) is 12.7. The van der Waals surface area contributed by atoms with Gasteiger partial charge >= 0.3 is 0 Å². The van der Waals surface area contributed by atoms with E-state index in [0.29, 0.717) is 12.0 Å². The molecule has 0 amide bonds. The first-order valence-electron chi connectivity index (χ1n) is 7.15. The third-order valence-corrected chi connectivity index (χ3v) is 3.74. The van der Waals surface area contributed by atoms with E-state index in [-0.39, 0.29) is 5.41 Å². The van der Waals surface area contributed by atoms with Crippen LogP contribution in [0.3, 0.4) is 0 Å². The van der Waals surface area contributed by atoms with Crippen molar-refractivity contribution < 1.29 is 0 Å². The van der Waals surface area contributed by atoms with Crippen LogP contribution in [-0.4, -0.2) is 6.04 Å². The lowest BCUT2D eigenvalue weighted by Crippen LogP contribution is -2.34. The third kappa shape index (κ3) is 4.81. The van der Waals surface area contributed by atoms with Crippen LogP contribution in [0.25, 0.3) is 0 Å². The summed E-state index contributed by atoms with van der Waals surface area (Å²) in [6.45, 7) is 11.1. The van der Waals surface area contributed by atoms with Crippen LogP contribution in [-0.2, 0) is 6.42 Å². The van der Waals surface area contributed by atoms with Crippen molar-refractivity contribution in [1.82, 2.24) is 0 Å². The van der Waals surface area contributed by atoms with E-state index in [9.17, 15) is 0 Å². The lowest BCUT2D eigenvalue weighted by molar-refractivity contribution is 0.301. The number of hydrogen-bond donors (Lipinski definition) is 1. The van der Waals surface area contributed by atoms with E-state index >= 15 is 0 Å². The van der Waals surface area contributed by atoms with Crippen molar-refractivity contribution in [1.29, 1.82) is 0 Å². The Hall–Kier alpha value is -0.820. The van der Waals surface area contributed by atoms with Crippen molar-refractivity contribution in [2.45, 2.75) is 65.8 Å². The van der Waals surface area contributed by atoms with E-state index in [1.807, 2.05) is 0 Å². The van der Waals surface area contributed by atoms with Gasteiger partial charge in [-0.3, -0.25) is 0 Å². The highest BCUT2D eigenvalue weighted by molar-refractivity contribution is 5.24. The fraction of sp³-hybridized carbons (Fsp3) is 0.647. The lowest BCUT2D eigenvalue weighted by atomic mass is 9.84. The molecule has 0 aliphatic carbocycles. The van der Waals surface area contributed by atoms with Gasteiger partial charge in [-0.2, -0.15) is 0 Å². The van der Waals surface area contributed by atoms with Crippen LogP contribution in [0.1, 0.15) is 64.5 Å². The van der Waals surface area contributed by atoms with E-state index in [4.69, 9.17) is 5.73 Å². The molecule has 0 saturated heterocycles. The Kier molecular flexibility index (Phi) is 5.40. The van der Waals surface area contributed by atoms with Gasteiger partial charge in [0, 0.05) is 6.04 Å². The Bertz CT molecular complexity index is 343. The van der Waals surface area contributed by atoms with Crippen molar-refractivity contribution in [2.75, 3.05) is 0 Å². The highest BCUT2D eigenvalue weighted by atomic mass is 14.7. The van der Waals surface area contributed by atoms with E-state index in [2.05, 4.69) is 58.9 Å². The minimum Gasteiger partial charge on any atom is -0.327 e. The molecule has 0 aliphatic heterocycles. The molecule has 0 aromatic heterocycles. The van der Waals surface area contributed by atoms with E-state index < -0.39 is 0 Å². The predicted octanol–water partition coefficient (Wildman–Crippen LogP) is 4.51. The molecule has 1 rings (SSSR count). The van der Waals surface area contributed by atoms with Crippen LogP contribution in [0, 0.1) is 5.41 Å². The molecule has 0 heterocycles. The van der Waals surface area contributed by atoms with Crippen LogP contribution in [0.15, 0.2) is 24.3 Å². The average molecular weight is 247 g/mol. The molecule has 18 heavy (non-hydrogen) atoms. The van der Waals surface area contributed by atoms with Crippen molar-refractivity contribution >= 4 is 0 Å². The van der Waals surface area contributed by atoms with E-state index in [1.54, 1.807) is 0 Å². The predicted molar refractivity (Wildman–Crippen MR) is 80.9 cm³/mol. The first kappa shape index (κ1) is 15.2. The van der Waals surface area contributed by atoms with E-state index in [1.165, 1.54) is 17.5 Å². The average Bonchev–Trinajstić information content (AvgIpc) is 2.28. The molecule has 0 saturated carbocycles. The molecule has 0 aliphatic rings. The molecule has 0 spiro atoms. The zero-order chi connectivity index (χ0) is 13.8. The number of benzene rings is 1. The van der Waals surface area contributed by atoms with Crippen LogP contribution >= 0.6 is 0 Å². The second kappa shape index (κ2) is 6.38. The smallest absolute Gasteiger partial charge is 0.00877 e. The molecule has 0 bridgehead atoms. The summed E-state index contributed by atoms with van der Waals surface area (Å²) in [5, 5.41) is 0. The minimum absolute atomic E-state index is 0.224. The van der Waals surface area contributed by atoms with Gasteiger partial charge in [0.1, 0.15) is 0 Å². The molecule has 1 atom stereocenters. The van der Waals surface area contributed by atoms with Gasteiger partial charge in [-0.1, -0.05) is 58.9 Å². The summed E-state index contributed by atoms with van der Waals surface area (Å²) in [7, 11) is 0. The highest BCUT2D eigenvalue weighted by Crippen LogP contribution is 2.22. The molecular weight excluding hydrogens is 218 g/mol. The maximum Gasteiger partial charge on any atom is 0.00877 e. The van der Waals surface area contributed by atoms with Crippen molar-refractivity contribution in [2.24, 2.45) is 11.1 Å². The van der Waals surface area contributed by atoms with Gasteiger partial charge in [0.05, 0.1) is 0 Å². The SMILES string of the molecule is CC(C)c1ccc(CCCC(N)C(C)(C)C)cc1. The van der Waals surface area contributed by atoms with Gasteiger partial charge in [-0.15, -0.1) is 0 Å². The van der Waals surface area contributed by atoms with Crippen molar-refractivity contribution in [3.63, 3.8) is 0 Å². The molecule has 102 valence electrons. The minimum atomic E-state index is 0.224. The summed E-state index contributed by atoms with van der Waals surface area (Å²) < 4.78 is 0. The van der Waals surface area contributed by atoms with Crippen LogP contribution in [0.5, 0.6) is 0 Å². The number of rotatable bonds is 5. The molecule has 1 unspecified atom stereocenters. The molecule has 1 aromatic rings. The molecule has 0 fully saturated rings. The van der Waals surface area contributed by atoms with Crippen molar-refractivity contribution in [3.8, 4) is 0 Å². The summed E-state index contributed by atoms with van der Waals surface area (Å²) in [6.07, 6.45) is 3.43. The van der Waals surface area contributed by atoms with Gasteiger partial charge in [-0.25, -0.2) is 0 Å². The number of hydrogen-bond acceptors (Lipinski definition) is 1. The maximum absolute atomic E-state index is 6.18. The summed E-state index contributed by atoms with van der Waals surface area (Å²) in [6, 6.07) is 9.33. The van der Waals surface area contributed by atoms with Gasteiger partial charge < -0.3 is 5.73 Å². The Balaban J connectivity index is 2.40. The maximum atomic E-state index is 6.18.